The van der Waals surface area contributed by atoms with Crippen molar-refractivity contribution in [2.24, 2.45) is 4.99 Å². The Balaban J connectivity index is 1.60. The van der Waals surface area contributed by atoms with Gasteiger partial charge in [0.15, 0.2) is 15.1 Å². The summed E-state index contributed by atoms with van der Waals surface area (Å²) in [5, 5.41) is 1.17. The molecule has 0 saturated heterocycles. The minimum absolute atomic E-state index is 0.200. The third-order valence-corrected chi connectivity index (χ3v) is 7.57. The van der Waals surface area contributed by atoms with E-state index in [0.29, 0.717) is 47.9 Å². The van der Waals surface area contributed by atoms with Gasteiger partial charge < -0.3 is 13.9 Å². The quantitative estimate of drug-likeness (QED) is 0.254. The SMILES string of the molecule is CCOC(=O)C1=C(C)N=c2s/c(=C/c3ccc(Sc4nccc(C)n4)o3)c(=O)n2[C@H]1c1ccccc1OC. The van der Waals surface area contributed by atoms with Gasteiger partial charge in [-0.05, 0) is 56.8 Å². The molecular weight excluding hydrogens is 524 g/mol. The van der Waals surface area contributed by atoms with Gasteiger partial charge in [0.1, 0.15) is 17.6 Å². The van der Waals surface area contributed by atoms with Crippen LogP contribution in [0, 0.1) is 6.92 Å². The van der Waals surface area contributed by atoms with Gasteiger partial charge in [-0.25, -0.2) is 19.8 Å². The van der Waals surface area contributed by atoms with Crippen molar-refractivity contribution in [3.8, 4) is 5.75 Å². The second kappa shape index (κ2) is 10.8. The van der Waals surface area contributed by atoms with Crippen LogP contribution in [0.15, 0.2) is 84.4 Å². The lowest BCUT2D eigenvalue weighted by Gasteiger charge is -2.25. The summed E-state index contributed by atoms with van der Waals surface area (Å²) in [4.78, 5) is 40.5. The number of allylic oxidation sites excluding steroid dienone is 1. The van der Waals surface area contributed by atoms with E-state index < -0.39 is 12.0 Å². The Labute approximate surface area is 226 Å². The topological polar surface area (TPSA) is 109 Å². The van der Waals surface area contributed by atoms with E-state index in [0.717, 1.165) is 5.69 Å². The normalized spacial score (nSPS) is 15.3. The molecule has 0 saturated carbocycles. The highest BCUT2D eigenvalue weighted by molar-refractivity contribution is 7.99. The predicted octanol–water partition coefficient (Wildman–Crippen LogP) is 3.65. The Morgan fingerprint density at radius 3 is 2.79 bits per heavy atom. The largest absolute Gasteiger partial charge is 0.496 e. The first-order chi connectivity index (χ1) is 18.4. The Bertz CT molecular complexity index is 1730. The van der Waals surface area contributed by atoms with E-state index in [1.807, 2.05) is 31.2 Å². The molecule has 0 amide bonds. The smallest absolute Gasteiger partial charge is 0.338 e. The highest BCUT2D eigenvalue weighted by Gasteiger charge is 2.35. The third-order valence-electron chi connectivity index (χ3n) is 5.79. The van der Waals surface area contributed by atoms with Crippen LogP contribution in [0.1, 0.15) is 36.9 Å². The molecule has 9 nitrogen and oxygen atoms in total. The van der Waals surface area contributed by atoms with Crippen molar-refractivity contribution in [3.63, 3.8) is 0 Å². The van der Waals surface area contributed by atoms with Gasteiger partial charge in [0.05, 0.1) is 29.5 Å². The van der Waals surface area contributed by atoms with Gasteiger partial charge in [0.25, 0.3) is 5.56 Å². The standard InChI is InChI=1S/C27H24N4O5S2/c1-5-35-25(33)22-16(3)30-27-31(23(22)18-8-6-7-9-19(18)34-4)24(32)20(37-27)14-17-10-11-21(36-17)38-26-28-13-12-15(2)29-26/h6-14,23H,5H2,1-4H3/b20-14+/t23-/m0/s1. The third kappa shape index (κ3) is 4.94. The van der Waals surface area contributed by atoms with Gasteiger partial charge in [-0.2, -0.15) is 0 Å². The van der Waals surface area contributed by atoms with Crippen LogP contribution in [0.2, 0.25) is 0 Å². The number of ether oxygens (including phenoxy) is 2. The maximum atomic E-state index is 13.8. The zero-order valence-corrected chi connectivity index (χ0v) is 22.8. The first-order valence-corrected chi connectivity index (χ1v) is 13.4. The molecule has 0 unspecified atom stereocenters. The number of fused-ring (bicyclic) bond motifs is 1. The number of rotatable bonds is 7. The zero-order valence-electron chi connectivity index (χ0n) is 21.1. The van der Waals surface area contributed by atoms with Crippen molar-refractivity contribution in [3.05, 3.63) is 96.6 Å². The number of aromatic nitrogens is 3. The van der Waals surface area contributed by atoms with E-state index in [9.17, 15) is 9.59 Å². The first-order valence-electron chi connectivity index (χ1n) is 11.8. The molecule has 0 N–H and O–H groups in total. The van der Waals surface area contributed by atoms with E-state index in [2.05, 4.69) is 15.0 Å². The Kier molecular flexibility index (Phi) is 7.30. The van der Waals surface area contributed by atoms with Crippen LogP contribution in [0.25, 0.3) is 6.08 Å². The molecule has 1 aliphatic heterocycles. The molecule has 4 aromatic rings. The predicted molar refractivity (Wildman–Crippen MR) is 143 cm³/mol. The maximum Gasteiger partial charge on any atom is 0.338 e. The molecule has 3 aromatic heterocycles. The van der Waals surface area contributed by atoms with E-state index in [1.54, 1.807) is 51.4 Å². The minimum Gasteiger partial charge on any atom is -0.496 e. The summed E-state index contributed by atoms with van der Waals surface area (Å²) in [7, 11) is 1.55. The summed E-state index contributed by atoms with van der Waals surface area (Å²) in [5.41, 5.74) is 2.01. The van der Waals surface area contributed by atoms with E-state index in [4.69, 9.17) is 13.9 Å². The van der Waals surface area contributed by atoms with Crippen molar-refractivity contribution in [2.75, 3.05) is 13.7 Å². The summed E-state index contributed by atoms with van der Waals surface area (Å²) in [5.74, 6) is 0.528. The lowest BCUT2D eigenvalue weighted by atomic mass is 9.95. The average Bonchev–Trinajstić information content (AvgIpc) is 3.46. The van der Waals surface area contributed by atoms with Crippen LogP contribution in [0.5, 0.6) is 5.75 Å². The average molecular weight is 549 g/mol. The number of thiazole rings is 1. The Morgan fingerprint density at radius 2 is 2.03 bits per heavy atom. The monoisotopic (exact) mass is 548 g/mol. The van der Waals surface area contributed by atoms with Crippen molar-refractivity contribution in [1.82, 2.24) is 14.5 Å². The van der Waals surface area contributed by atoms with Crippen molar-refractivity contribution in [2.45, 2.75) is 37.1 Å². The number of carbonyl (C=O) groups is 1. The van der Waals surface area contributed by atoms with Gasteiger partial charge in [-0.3, -0.25) is 9.36 Å². The number of furan rings is 1. The Morgan fingerprint density at radius 1 is 1.21 bits per heavy atom. The highest BCUT2D eigenvalue weighted by Crippen LogP contribution is 2.35. The fourth-order valence-corrected chi connectivity index (χ4v) is 5.92. The number of hydrogen-bond acceptors (Lipinski definition) is 10. The number of para-hydroxylation sites is 1. The van der Waals surface area contributed by atoms with Crippen LogP contribution in [0.3, 0.4) is 0 Å². The molecule has 1 aromatic carbocycles. The number of methoxy groups -OCH3 is 1. The van der Waals surface area contributed by atoms with Gasteiger partial charge >= 0.3 is 5.97 Å². The summed E-state index contributed by atoms with van der Waals surface area (Å²) in [6.07, 6.45) is 3.37. The number of nitrogens with zero attached hydrogens (tertiary/aromatic N) is 4. The first kappa shape index (κ1) is 25.7. The van der Waals surface area contributed by atoms with E-state index in [-0.39, 0.29) is 12.2 Å². The van der Waals surface area contributed by atoms with Gasteiger partial charge in [0, 0.05) is 23.5 Å². The molecule has 0 aliphatic carbocycles. The van der Waals surface area contributed by atoms with Crippen LogP contribution in [0.4, 0.5) is 0 Å². The number of esters is 1. The lowest BCUT2D eigenvalue weighted by molar-refractivity contribution is -0.139. The van der Waals surface area contributed by atoms with Crippen molar-refractivity contribution < 1.29 is 18.7 Å². The Hall–Kier alpha value is -3.96. The molecule has 194 valence electrons. The molecule has 5 rings (SSSR count). The molecule has 4 heterocycles. The number of carbonyl (C=O) groups excluding carboxylic acids is 1. The molecule has 0 spiro atoms. The number of aryl methyl sites for hydroxylation is 1. The van der Waals surface area contributed by atoms with Gasteiger partial charge in [-0.15, -0.1) is 0 Å². The molecule has 11 heteroatoms. The zero-order chi connectivity index (χ0) is 26.8. The van der Waals surface area contributed by atoms with Crippen LogP contribution < -0.4 is 19.6 Å². The van der Waals surface area contributed by atoms with Gasteiger partial charge in [0.2, 0.25) is 0 Å². The fourth-order valence-electron chi connectivity index (χ4n) is 4.14. The molecule has 0 bridgehead atoms. The maximum absolute atomic E-state index is 13.8. The lowest BCUT2D eigenvalue weighted by Crippen LogP contribution is -2.40. The van der Waals surface area contributed by atoms with Crippen LogP contribution in [-0.2, 0) is 9.53 Å². The van der Waals surface area contributed by atoms with Crippen molar-refractivity contribution in [1.29, 1.82) is 0 Å². The second-order valence-corrected chi connectivity index (χ2v) is 10.3. The van der Waals surface area contributed by atoms with E-state index in [1.165, 1.54) is 27.7 Å². The number of hydrogen-bond donors (Lipinski definition) is 0. The summed E-state index contributed by atoms with van der Waals surface area (Å²) in [6.45, 7) is 5.58. The molecule has 1 aliphatic rings. The molecule has 38 heavy (non-hydrogen) atoms. The highest BCUT2D eigenvalue weighted by atomic mass is 32.2. The fraction of sp³-hybridized carbons (Fsp3) is 0.222. The summed E-state index contributed by atoms with van der Waals surface area (Å²) >= 11 is 2.52. The van der Waals surface area contributed by atoms with Gasteiger partial charge in [-0.1, -0.05) is 29.5 Å². The minimum atomic E-state index is -0.759. The van der Waals surface area contributed by atoms with Crippen LogP contribution >= 0.6 is 23.1 Å². The van der Waals surface area contributed by atoms with Crippen LogP contribution in [-0.4, -0.2) is 34.2 Å². The summed E-state index contributed by atoms with van der Waals surface area (Å²) in [6, 6.07) is 12.0. The molecule has 1 atom stereocenters. The van der Waals surface area contributed by atoms with E-state index >= 15 is 0 Å². The number of benzene rings is 1. The summed E-state index contributed by atoms with van der Waals surface area (Å²) < 4.78 is 18.8. The molecule has 0 radical (unpaired) electrons. The molecular formula is C27H24N4O5S2. The molecule has 0 fully saturated rings. The van der Waals surface area contributed by atoms with Crippen molar-refractivity contribution >= 4 is 35.1 Å². The second-order valence-electron chi connectivity index (χ2n) is 8.28.